The number of piperidine rings is 2. The molecule has 5 aliphatic heterocycles. The third-order valence-electron chi connectivity index (χ3n) is 17.7. The number of benzene rings is 2. The number of halogens is 1. The van der Waals surface area contributed by atoms with Gasteiger partial charge in [0.1, 0.15) is 12.2 Å². The summed E-state index contributed by atoms with van der Waals surface area (Å²) in [5, 5.41) is 29.0. The maximum absolute atomic E-state index is 12.7. The second-order valence-electron chi connectivity index (χ2n) is 22.0. The summed E-state index contributed by atoms with van der Waals surface area (Å²) in [4.78, 5) is 24.8. The van der Waals surface area contributed by atoms with Crippen molar-refractivity contribution in [2.75, 3.05) is 60.5 Å². The Morgan fingerprint density at radius 2 is 1.71 bits per heavy atom. The largest absolute Gasteiger partial charge is 0.473 e. The number of nitrogens with zero attached hydrogens (tertiary/aromatic N) is 12. The van der Waals surface area contributed by atoms with Crippen LogP contribution in [0, 0.1) is 29.1 Å². The van der Waals surface area contributed by atoms with Crippen LogP contribution in [0.1, 0.15) is 112 Å². The van der Waals surface area contributed by atoms with Crippen LogP contribution in [-0.2, 0) is 31.2 Å². The van der Waals surface area contributed by atoms with E-state index in [-0.39, 0.29) is 17.4 Å². The smallest absolute Gasteiger partial charge is 0.233 e. The lowest BCUT2D eigenvalue weighted by molar-refractivity contribution is -0.129. The summed E-state index contributed by atoms with van der Waals surface area (Å²) in [7, 11) is 1.97. The molecule has 15 heteroatoms. The molecule has 360 valence electrons. The fraction of sp³-hybridized carbons (Fsp3) is 0.556. The van der Waals surface area contributed by atoms with E-state index < -0.39 is 0 Å². The Bertz CT molecular complexity index is 2800. The van der Waals surface area contributed by atoms with Crippen molar-refractivity contribution in [1.29, 1.82) is 5.26 Å². The summed E-state index contributed by atoms with van der Waals surface area (Å²) < 4.78 is 10.7. The number of anilines is 4. The lowest BCUT2D eigenvalue weighted by Gasteiger charge is -2.55. The summed E-state index contributed by atoms with van der Waals surface area (Å²) in [6.45, 7) is 13.8. The number of hydrogen-bond acceptors (Lipinski definition) is 11. The molecule has 0 unspecified atom stereocenters. The van der Waals surface area contributed by atoms with Gasteiger partial charge in [0.25, 0.3) is 0 Å². The molecule has 69 heavy (non-hydrogen) atoms. The first-order valence-corrected chi connectivity index (χ1v) is 26.0. The second kappa shape index (κ2) is 17.3. The molecule has 0 N–H and O–H groups in total. The van der Waals surface area contributed by atoms with Gasteiger partial charge in [0, 0.05) is 119 Å². The van der Waals surface area contributed by atoms with Gasteiger partial charge in [0.2, 0.25) is 11.8 Å². The molecule has 5 aromatic rings. The first-order chi connectivity index (χ1) is 33.4. The van der Waals surface area contributed by atoms with Crippen molar-refractivity contribution in [3.8, 4) is 23.1 Å². The van der Waals surface area contributed by atoms with Crippen molar-refractivity contribution in [1.82, 2.24) is 39.6 Å². The number of nitriles is 1. The summed E-state index contributed by atoms with van der Waals surface area (Å²) >= 11 is 6.41. The molecule has 7 aliphatic rings. The zero-order valence-corrected chi connectivity index (χ0v) is 41.5. The van der Waals surface area contributed by atoms with Gasteiger partial charge in [-0.05, 0) is 149 Å². The van der Waals surface area contributed by atoms with Crippen LogP contribution < -0.4 is 19.4 Å². The van der Waals surface area contributed by atoms with Crippen molar-refractivity contribution in [3.63, 3.8) is 0 Å². The lowest BCUT2D eigenvalue weighted by Crippen LogP contribution is -2.55. The fourth-order valence-electron chi connectivity index (χ4n) is 13.6. The van der Waals surface area contributed by atoms with E-state index in [0.29, 0.717) is 46.6 Å². The highest BCUT2D eigenvalue weighted by Crippen LogP contribution is 2.56. The Balaban J connectivity index is 0.633. The number of hydrogen-bond donors (Lipinski definition) is 0. The normalized spacial score (nSPS) is 24.2. The van der Waals surface area contributed by atoms with Crippen LogP contribution in [0.5, 0.6) is 5.88 Å². The topological polar surface area (TPSA) is 128 Å². The minimum absolute atomic E-state index is 0.139. The summed E-state index contributed by atoms with van der Waals surface area (Å²) in [5.41, 5.74) is 11.1. The van der Waals surface area contributed by atoms with Gasteiger partial charge in [-0.1, -0.05) is 11.6 Å². The number of carbonyl (C=O) groups is 1. The van der Waals surface area contributed by atoms with Gasteiger partial charge in [-0.25, -0.2) is 0 Å². The molecule has 8 heterocycles. The molecule has 0 radical (unpaired) electrons. The highest BCUT2D eigenvalue weighted by molar-refractivity contribution is 6.32. The third-order valence-corrected chi connectivity index (χ3v) is 18.0. The number of aryl methyl sites for hydroxylation is 3. The van der Waals surface area contributed by atoms with Gasteiger partial charge in [-0.15, -0.1) is 10.2 Å². The third kappa shape index (κ3) is 8.11. The van der Waals surface area contributed by atoms with Crippen LogP contribution in [0.2, 0.25) is 5.02 Å². The van der Waals surface area contributed by atoms with E-state index in [1.165, 1.54) is 59.3 Å². The van der Waals surface area contributed by atoms with Crippen LogP contribution in [0.25, 0.3) is 11.1 Å². The van der Waals surface area contributed by atoms with Crippen molar-refractivity contribution in [2.24, 2.45) is 17.9 Å². The Morgan fingerprint density at radius 3 is 2.42 bits per heavy atom. The number of rotatable bonds is 8. The quantitative estimate of drug-likeness (QED) is 0.148. The lowest BCUT2D eigenvalue weighted by atomic mass is 9.60. The van der Waals surface area contributed by atoms with Gasteiger partial charge in [0.05, 0.1) is 29.4 Å². The van der Waals surface area contributed by atoms with E-state index in [4.69, 9.17) is 21.4 Å². The average molecular weight is 950 g/mol. The molecule has 2 saturated carbocycles. The predicted molar refractivity (Wildman–Crippen MR) is 268 cm³/mol. The second-order valence-corrected chi connectivity index (χ2v) is 22.4. The van der Waals surface area contributed by atoms with Gasteiger partial charge < -0.3 is 29.2 Å². The SMILES string of the molecule is CC(=O)N1CCc2c(c(N3CCCc4cc(-c5cnn(C)c5)c(C)cc43)nn2C2CC3(CCN(C4CC(Oc5ccc(N6CCC7(CC6)C[C@H](C)N(c6ccc(C#N)c(Cl)c6)C7)nn5)C4)CC3)C2)C1. The maximum atomic E-state index is 12.7. The molecule has 2 aromatic carbocycles. The van der Waals surface area contributed by atoms with Gasteiger partial charge in [-0.3, -0.25) is 14.2 Å². The monoisotopic (exact) mass is 949 g/mol. The highest BCUT2D eigenvalue weighted by atomic mass is 35.5. The molecule has 0 bridgehead atoms. The average Bonchev–Trinajstić information content (AvgIpc) is 4.03. The van der Waals surface area contributed by atoms with E-state index in [1.54, 1.807) is 6.92 Å². The van der Waals surface area contributed by atoms with Crippen LogP contribution in [0.3, 0.4) is 0 Å². The minimum Gasteiger partial charge on any atom is -0.473 e. The predicted octanol–water partition coefficient (Wildman–Crippen LogP) is 8.81. The number of likely N-dealkylation sites (tertiary alicyclic amines) is 1. The molecular formula is C54H65ClN12O2. The van der Waals surface area contributed by atoms with E-state index in [9.17, 15) is 10.1 Å². The van der Waals surface area contributed by atoms with E-state index in [0.717, 1.165) is 120 Å². The van der Waals surface area contributed by atoms with Gasteiger partial charge in [-0.2, -0.15) is 15.5 Å². The standard InChI is InChI=1S/C54H65ClN12O2/c1-35-22-49-38(23-45(35)40-31-57-61(4)32-40)6-5-16-65(49)52-46-33-64(37(3)68)17-11-48(46)67(60-52)43-28-53(29-43)12-18-62(19-13-53)42-24-44(25-42)69-51-10-9-50(58-59-51)63-20-14-54(15-21-63)27-36(2)66(34-54)41-8-7-39(30-56)47(55)26-41/h7-10,22-23,26,31-32,36,42-44H,5-6,11-21,24-25,27-29,33-34H2,1-4H3/t36-,42?,44?/m0/s1. The van der Waals surface area contributed by atoms with Crippen molar-refractivity contribution >= 4 is 40.5 Å². The van der Waals surface area contributed by atoms with Crippen LogP contribution in [0.4, 0.5) is 23.0 Å². The van der Waals surface area contributed by atoms with Crippen LogP contribution >= 0.6 is 11.6 Å². The zero-order chi connectivity index (χ0) is 47.2. The first kappa shape index (κ1) is 44.6. The van der Waals surface area contributed by atoms with E-state index in [2.05, 4.69) is 83.9 Å². The number of carbonyl (C=O) groups excluding carboxylic acids is 1. The number of amides is 1. The Labute approximate surface area is 411 Å². The molecule has 2 aliphatic carbocycles. The molecule has 5 fully saturated rings. The van der Waals surface area contributed by atoms with Gasteiger partial charge in [0.15, 0.2) is 11.6 Å². The van der Waals surface area contributed by atoms with E-state index in [1.807, 2.05) is 47.1 Å². The van der Waals surface area contributed by atoms with Crippen molar-refractivity contribution in [3.05, 3.63) is 87.8 Å². The fourth-order valence-corrected chi connectivity index (χ4v) is 13.8. The van der Waals surface area contributed by atoms with Gasteiger partial charge >= 0.3 is 0 Å². The molecule has 1 amide bonds. The molecule has 12 rings (SSSR count). The first-order valence-electron chi connectivity index (χ1n) is 25.6. The highest BCUT2D eigenvalue weighted by Gasteiger charge is 2.50. The van der Waals surface area contributed by atoms with Crippen molar-refractivity contribution in [2.45, 2.75) is 129 Å². The molecule has 2 spiro atoms. The Morgan fingerprint density at radius 1 is 0.913 bits per heavy atom. The van der Waals surface area contributed by atoms with Crippen LogP contribution in [0.15, 0.2) is 54.9 Å². The van der Waals surface area contributed by atoms with Crippen LogP contribution in [-0.4, -0.2) is 109 Å². The number of ether oxygens (including phenoxy) is 1. The molecule has 14 nitrogen and oxygen atoms in total. The maximum Gasteiger partial charge on any atom is 0.233 e. The Kier molecular flexibility index (Phi) is 11.2. The minimum atomic E-state index is 0.139. The molecule has 3 saturated heterocycles. The summed E-state index contributed by atoms with van der Waals surface area (Å²) in [6.07, 6.45) is 17.5. The van der Waals surface area contributed by atoms with Crippen molar-refractivity contribution < 1.29 is 9.53 Å². The molecule has 3 aromatic heterocycles. The Hall–Kier alpha value is -5.65. The molecular weight excluding hydrogens is 884 g/mol. The number of aromatic nitrogens is 6. The number of fused-ring (bicyclic) bond motifs is 2. The van der Waals surface area contributed by atoms with E-state index >= 15 is 0 Å². The summed E-state index contributed by atoms with van der Waals surface area (Å²) in [5.74, 6) is 2.75. The molecule has 1 atom stereocenters. The summed E-state index contributed by atoms with van der Waals surface area (Å²) in [6, 6.07) is 18.2. The zero-order valence-electron chi connectivity index (χ0n) is 40.7.